The maximum absolute atomic E-state index is 14.7. The number of imidazole rings is 1. The molecule has 1 aliphatic rings. The van der Waals surface area contributed by atoms with Crippen molar-refractivity contribution < 1.29 is 40.0 Å². The quantitative estimate of drug-likeness (QED) is 0.0346. The summed E-state index contributed by atoms with van der Waals surface area (Å²) < 4.78 is 99.4. The predicted molar refractivity (Wildman–Crippen MR) is 245 cm³/mol. The number of halogens is 3. The Morgan fingerprint density at radius 3 is 1.44 bits per heavy atom. The summed E-state index contributed by atoms with van der Waals surface area (Å²) in [5, 5.41) is 0.372. The highest BCUT2D eigenvalue weighted by Gasteiger charge is 2.58. The number of ether oxygens (including phenoxy) is 3. The summed E-state index contributed by atoms with van der Waals surface area (Å²) in [6.45, 7) is -0.389. The lowest BCUT2D eigenvalue weighted by Gasteiger charge is -2.41. The van der Waals surface area contributed by atoms with Crippen molar-refractivity contribution >= 4 is 39.0 Å². The second kappa shape index (κ2) is 18.5. The van der Waals surface area contributed by atoms with Crippen LogP contribution in [0.5, 0.6) is 0 Å². The number of nitrogens with two attached hydrogens (primary N) is 1. The maximum Gasteiger partial charge on any atom is 0.523 e. The van der Waals surface area contributed by atoms with E-state index in [-0.39, 0.29) is 23.7 Å². The number of alkyl halides is 3. The topological polar surface area (TPSA) is 141 Å². The number of nitrogen functional groups attached to an aromatic ring is 1. The van der Waals surface area contributed by atoms with Crippen LogP contribution in [-0.4, -0.2) is 64.6 Å². The van der Waals surface area contributed by atoms with Crippen LogP contribution in [0.15, 0.2) is 193 Å². The summed E-state index contributed by atoms with van der Waals surface area (Å²) in [5.41, 5.74) is 1.58. The summed E-state index contributed by atoms with van der Waals surface area (Å²) in [4.78, 5) is 13.2. The minimum Gasteiger partial charge on any atom is -0.368 e. The van der Waals surface area contributed by atoms with Gasteiger partial charge in [0.05, 0.1) is 12.9 Å². The van der Waals surface area contributed by atoms with Gasteiger partial charge in [-0.1, -0.05) is 182 Å². The van der Waals surface area contributed by atoms with Crippen LogP contribution in [0.2, 0.25) is 0 Å². The number of hydrogen-bond donors (Lipinski definition) is 1. The van der Waals surface area contributed by atoms with Crippen molar-refractivity contribution in [2.75, 3.05) is 18.6 Å². The van der Waals surface area contributed by atoms with Crippen LogP contribution in [0.1, 0.15) is 39.6 Å². The van der Waals surface area contributed by atoms with Gasteiger partial charge in [-0.2, -0.15) is 26.6 Å². The standard InChI is InChI=1S/C50H42F3N5O6S2/c1-65-45-41-44(56-47(54)57-45)58(33-55-41)46-43(64-66(59,60)50(51,52)53)42(63-49(37-26-14-5-15-27-37,38-28-16-6-17-29-38)39-30-18-7-19-31-39)40(62-46)32-61-48(34-20-8-2-9-21-34,35-22-10-3-11-23-35)36-24-12-4-13-25-36/h2-31,33,40,42-43,46H,32H2,1H3,(H2,54,56,57)/t40-,42-,43-,46-/m1/s1. The predicted octanol–water partition coefficient (Wildman–Crippen LogP) is 9.65. The molecular formula is C50H42F3N5O6S2. The average molecular weight is 930 g/mol. The van der Waals surface area contributed by atoms with Crippen LogP contribution < -0.4 is 5.73 Å². The van der Waals surface area contributed by atoms with Gasteiger partial charge in [-0.15, -0.1) is 11.8 Å². The van der Waals surface area contributed by atoms with Crippen molar-refractivity contribution in [3.63, 3.8) is 0 Å². The van der Waals surface area contributed by atoms with Gasteiger partial charge in [-0.05, 0) is 39.6 Å². The summed E-state index contributed by atoms with van der Waals surface area (Å²) in [5.74, 6) is -0.158. The third-order valence-corrected chi connectivity index (χ3v) is 13.3. The fourth-order valence-electron chi connectivity index (χ4n) is 8.65. The zero-order chi connectivity index (χ0) is 45.9. The third-order valence-electron chi connectivity index (χ3n) is 11.5. The summed E-state index contributed by atoms with van der Waals surface area (Å²) in [6.07, 6.45) is -3.75. The first kappa shape index (κ1) is 44.8. The van der Waals surface area contributed by atoms with Crippen molar-refractivity contribution in [3.05, 3.63) is 222 Å². The number of fused-ring (bicyclic) bond motifs is 1. The van der Waals surface area contributed by atoms with E-state index in [2.05, 4.69) is 15.0 Å². The Bertz CT molecular complexity index is 2800. The van der Waals surface area contributed by atoms with E-state index in [1.165, 1.54) is 22.7 Å². The lowest BCUT2D eigenvalue weighted by atomic mass is 9.79. The Kier molecular flexibility index (Phi) is 12.5. The van der Waals surface area contributed by atoms with E-state index in [0.717, 1.165) is 16.7 Å². The van der Waals surface area contributed by atoms with Gasteiger partial charge in [-0.25, -0.2) is 9.97 Å². The van der Waals surface area contributed by atoms with Gasteiger partial charge in [-0.3, -0.25) is 8.75 Å². The molecule has 0 spiro atoms. The molecular weight excluding hydrogens is 888 g/mol. The molecule has 0 saturated carbocycles. The zero-order valence-electron chi connectivity index (χ0n) is 35.2. The molecule has 8 aromatic rings. The molecule has 1 fully saturated rings. The first-order chi connectivity index (χ1) is 32.0. The normalized spacial score (nSPS) is 18.1. The highest BCUT2D eigenvalue weighted by Crippen LogP contribution is 2.49. The van der Waals surface area contributed by atoms with Crippen LogP contribution in [0.3, 0.4) is 0 Å². The molecule has 1 aliphatic heterocycles. The van der Waals surface area contributed by atoms with E-state index >= 15 is 0 Å². The molecule has 66 heavy (non-hydrogen) atoms. The highest BCUT2D eigenvalue weighted by atomic mass is 32.2. The molecule has 0 radical (unpaired) electrons. The van der Waals surface area contributed by atoms with Crippen LogP contribution in [0.25, 0.3) is 11.2 Å². The molecule has 1 saturated heterocycles. The maximum atomic E-state index is 14.7. The minimum absolute atomic E-state index is 0.0582. The summed E-state index contributed by atoms with van der Waals surface area (Å²) in [6, 6.07) is 55.8. The van der Waals surface area contributed by atoms with E-state index in [0.29, 0.717) is 21.7 Å². The Labute approximate surface area is 383 Å². The number of aromatic nitrogens is 4. The summed E-state index contributed by atoms with van der Waals surface area (Å²) >= 11 is 1.22. The fourth-order valence-corrected chi connectivity index (χ4v) is 9.78. The highest BCUT2D eigenvalue weighted by molar-refractivity contribution is 7.98. The first-order valence-corrected chi connectivity index (χ1v) is 23.4. The molecule has 16 heteroatoms. The van der Waals surface area contributed by atoms with E-state index in [4.69, 9.17) is 24.1 Å². The number of thioether (sulfide) groups is 1. The second-order valence-electron chi connectivity index (χ2n) is 15.4. The van der Waals surface area contributed by atoms with Crippen LogP contribution >= 0.6 is 11.8 Å². The first-order valence-electron chi connectivity index (χ1n) is 20.8. The molecule has 0 bridgehead atoms. The minimum atomic E-state index is -6.35. The van der Waals surface area contributed by atoms with E-state index in [9.17, 15) is 21.6 Å². The number of hydrogen-bond acceptors (Lipinski definition) is 11. The Morgan fingerprint density at radius 1 is 0.636 bits per heavy atom. The lowest BCUT2D eigenvalue weighted by molar-refractivity contribution is -0.131. The SMILES string of the molecule is CSc1nc(N)nc2c1ncn2[C@@H]1O[C@H](COC(c2ccccc2)(c2ccccc2)c2ccccc2)[C@@H](OC(c2ccccc2)(c2ccccc2)c2ccccc2)[C@H]1OS(=O)(=O)C(F)(F)F. The molecule has 0 unspecified atom stereocenters. The van der Waals surface area contributed by atoms with Gasteiger partial charge in [0.15, 0.2) is 18.0 Å². The number of anilines is 1. The molecule has 4 atom stereocenters. The van der Waals surface area contributed by atoms with Gasteiger partial charge < -0.3 is 19.9 Å². The largest absolute Gasteiger partial charge is 0.523 e. The zero-order valence-corrected chi connectivity index (χ0v) is 36.8. The molecule has 0 aliphatic carbocycles. The number of rotatable bonds is 15. The van der Waals surface area contributed by atoms with Gasteiger partial charge in [0.25, 0.3) is 0 Å². The summed E-state index contributed by atoms with van der Waals surface area (Å²) in [7, 11) is -6.35. The van der Waals surface area contributed by atoms with Crippen molar-refractivity contribution in [1.29, 1.82) is 0 Å². The smallest absolute Gasteiger partial charge is 0.368 e. The van der Waals surface area contributed by atoms with E-state index < -0.39 is 51.4 Å². The molecule has 9 rings (SSSR count). The third kappa shape index (κ3) is 8.25. The second-order valence-corrected chi connectivity index (χ2v) is 17.8. The number of nitrogens with zero attached hydrogens (tertiary/aromatic N) is 4. The van der Waals surface area contributed by atoms with Crippen molar-refractivity contribution in [3.8, 4) is 0 Å². The molecule has 2 N–H and O–H groups in total. The van der Waals surface area contributed by atoms with Crippen molar-refractivity contribution in [1.82, 2.24) is 19.5 Å². The fraction of sp³-hybridized carbons (Fsp3) is 0.180. The lowest BCUT2D eigenvalue weighted by Crippen LogP contribution is -2.48. The average Bonchev–Trinajstić information content (AvgIpc) is 3.92. The van der Waals surface area contributed by atoms with Crippen LogP contribution in [-0.2, 0) is 39.7 Å². The van der Waals surface area contributed by atoms with Crippen LogP contribution in [0, 0.1) is 0 Å². The van der Waals surface area contributed by atoms with Gasteiger partial charge in [0.1, 0.15) is 34.0 Å². The number of benzene rings is 6. The Balaban J connectivity index is 1.30. The van der Waals surface area contributed by atoms with Gasteiger partial charge in [0.2, 0.25) is 5.95 Å². The van der Waals surface area contributed by atoms with Crippen molar-refractivity contribution in [2.45, 2.75) is 46.3 Å². The van der Waals surface area contributed by atoms with Gasteiger partial charge >= 0.3 is 15.6 Å². The van der Waals surface area contributed by atoms with E-state index in [1.54, 1.807) is 6.26 Å². The van der Waals surface area contributed by atoms with Crippen LogP contribution in [0.4, 0.5) is 19.1 Å². The Morgan fingerprint density at radius 2 is 1.05 bits per heavy atom. The van der Waals surface area contributed by atoms with Crippen molar-refractivity contribution in [2.24, 2.45) is 0 Å². The van der Waals surface area contributed by atoms with E-state index in [1.807, 2.05) is 182 Å². The Hall–Kier alpha value is -6.40. The molecule has 2 aromatic heterocycles. The molecule has 11 nitrogen and oxygen atoms in total. The molecule has 336 valence electrons. The molecule has 0 amide bonds. The monoisotopic (exact) mass is 929 g/mol. The molecule has 6 aromatic carbocycles. The van der Waals surface area contributed by atoms with Gasteiger partial charge in [0, 0.05) is 0 Å². The molecule has 3 heterocycles.